The number of carboxylic acids is 1. The number of hydrogen-bond donors (Lipinski definition) is 2. The van der Waals surface area contributed by atoms with Crippen LogP contribution >= 0.6 is 0 Å². The molecular weight excluding hydrogens is 238 g/mol. The van der Waals surface area contributed by atoms with Gasteiger partial charge in [0.05, 0.1) is 19.3 Å². The molecule has 0 aromatic carbocycles. The molecule has 0 unspecified atom stereocenters. The summed E-state index contributed by atoms with van der Waals surface area (Å²) in [5, 5.41) is 23.1. The Bertz CT molecular complexity index is 533. The van der Waals surface area contributed by atoms with Crippen molar-refractivity contribution in [1.29, 1.82) is 0 Å². The van der Waals surface area contributed by atoms with Crippen molar-refractivity contribution in [2.24, 2.45) is 7.05 Å². The van der Waals surface area contributed by atoms with Crippen LogP contribution in [0.15, 0.2) is 12.5 Å². The zero-order chi connectivity index (χ0) is 13.0. The second kappa shape index (κ2) is 5.36. The lowest BCUT2D eigenvalue weighted by molar-refractivity contribution is 0.0690. The maximum Gasteiger partial charge on any atom is 0.358 e. The highest BCUT2D eigenvalue weighted by Crippen LogP contribution is 1.92. The monoisotopic (exact) mass is 251 g/mol. The summed E-state index contributed by atoms with van der Waals surface area (Å²) in [4.78, 5) is 14.6. The minimum atomic E-state index is -1.08. The molecule has 0 amide bonds. The third-order valence-corrected chi connectivity index (χ3v) is 2.21. The van der Waals surface area contributed by atoms with E-state index in [0.29, 0.717) is 25.5 Å². The van der Waals surface area contributed by atoms with Crippen molar-refractivity contribution < 1.29 is 9.90 Å². The van der Waals surface area contributed by atoms with Crippen LogP contribution in [0.25, 0.3) is 0 Å². The summed E-state index contributed by atoms with van der Waals surface area (Å²) < 4.78 is 3.11. The first kappa shape index (κ1) is 12.2. The van der Waals surface area contributed by atoms with Crippen LogP contribution in [0.5, 0.6) is 0 Å². The highest BCUT2D eigenvalue weighted by molar-refractivity contribution is 5.84. The summed E-state index contributed by atoms with van der Waals surface area (Å²) in [6, 6.07) is 0. The van der Waals surface area contributed by atoms with Gasteiger partial charge in [0.1, 0.15) is 6.33 Å². The predicted octanol–water partition coefficient (Wildman–Crippen LogP) is -1.11. The Morgan fingerprint density at radius 3 is 3.00 bits per heavy atom. The summed E-state index contributed by atoms with van der Waals surface area (Å²) in [6.45, 7) is 1.72. The third kappa shape index (κ3) is 3.10. The molecule has 0 saturated carbocycles. The van der Waals surface area contributed by atoms with E-state index in [1.54, 1.807) is 18.1 Å². The summed E-state index contributed by atoms with van der Waals surface area (Å²) >= 11 is 0. The van der Waals surface area contributed by atoms with Crippen molar-refractivity contribution in [3.05, 3.63) is 24.0 Å². The van der Waals surface area contributed by atoms with Crippen molar-refractivity contribution >= 4 is 5.97 Å². The highest BCUT2D eigenvalue weighted by Gasteiger charge is 2.07. The largest absolute Gasteiger partial charge is 0.476 e. The van der Waals surface area contributed by atoms with Crippen LogP contribution in [0.2, 0.25) is 0 Å². The van der Waals surface area contributed by atoms with E-state index >= 15 is 0 Å². The van der Waals surface area contributed by atoms with E-state index in [0.717, 1.165) is 0 Å². The highest BCUT2D eigenvalue weighted by atomic mass is 16.4. The van der Waals surface area contributed by atoms with Gasteiger partial charge in [0.25, 0.3) is 0 Å². The number of nitrogens with zero attached hydrogens (tertiary/aromatic N) is 6. The first-order valence-corrected chi connectivity index (χ1v) is 5.34. The molecule has 0 aliphatic heterocycles. The second-order valence-corrected chi connectivity index (χ2v) is 3.68. The number of hydrogen-bond acceptors (Lipinski definition) is 6. The lowest BCUT2D eigenvalue weighted by atomic mass is 10.5. The normalized spacial score (nSPS) is 10.7. The van der Waals surface area contributed by atoms with E-state index in [9.17, 15) is 4.79 Å². The quantitative estimate of drug-likeness (QED) is 0.626. The molecule has 96 valence electrons. The second-order valence-electron chi connectivity index (χ2n) is 3.68. The van der Waals surface area contributed by atoms with Crippen molar-refractivity contribution in [3.63, 3.8) is 0 Å². The maximum absolute atomic E-state index is 10.6. The smallest absolute Gasteiger partial charge is 0.358 e. The van der Waals surface area contributed by atoms with Gasteiger partial charge < -0.3 is 10.4 Å². The number of aryl methyl sites for hydroxylation is 1. The van der Waals surface area contributed by atoms with Gasteiger partial charge in [-0.1, -0.05) is 5.21 Å². The van der Waals surface area contributed by atoms with E-state index in [1.165, 1.54) is 10.9 Å². The summed E-state index contributed by atoms with van der Waals surface area (Å²) in [7, 11) is 1.80. The molecule has 0 bridgehead atoms. The fourth-order valence-corrected chi connectivity index (χ4v) is 1.36. The van der Waals surface area contributed by atoms with Gasteiger partial charge in [0.2, 0.25) is 0 Å². The first-order valence-electron chi connectivity index (χ1n) is 5.34. The Labute approximate surface area is 102 Å². The molecule has 2 heterocycles. The number of aromatic nitrogens is 6. The van der Waals surface area contributed by atoms with Crippen molar-refractivity contribution in [1.82, 2.24) is 35.1 Å². The van der Waals surface area contributed by atoms with Crippen LogP contribution in [0, 0.1) is 0 Å². The minimum Gasteiger partial charge on any atom is -0.476 e. The Morgan fingerprint density at radius 1 is 1.56 bits per heavy atom. The Balaban J connectivity index is 1.73. The topological polar surface area (TPSA) is 111 Å². The maximum atomic E-state index is 10.6. The zero-order valence-corrected chi connectivity index (χ0v) is 9.81. The van der Waals surface area contributed by atoms with Crippen LogP contribution in [0.1, 0.15) is 16.3 Å². The molecule has 0 aliphatic carbocycles. The van der Waals surface area contributed by atoms with Crippen molar-refractivity contribution in [2.45, 2.75) is 13.1 Å². The van der Waals surface area contributed by atoms with Gasteiger partial charge in [-0.15, -0.1) is 5.10 Å². The minimum absolute atomic E-state index is 0.0543. The summed E-state index contributed by atoms with van der Waals surface area (Å²) in [5.74, 6) is -0.366. The number of rotatable bonds is 6. The molecular formula is C9H13N7O2. The molecule has 18 heavy (non-hydrogen) atoms. The van der Waals surface area contributed by atoms with Gasteiger partial charge >= 0.3 is 5.97 Å². The van der Waals surface area contributed by atoms with E-state index in [4.69, 9.17) is 5.11 Å². The molecule has 9 heteroatoms. The van der Waals surface area contributed by atoms with E-state index in [-0.39, 0.29) is 5.69 Å². The molecule has 2 N–H and O–H groups in total. The number of carbonyl (C=O) groups is 1. The van der Waals surface area contributed by atoms with Gasteiger partial charge in [-0.3, -0.25) is 9.36 Å². The molecule has 2 aromatic rings. The molecule has 0 spiro atoms. The van der Waals surface area contributed by atoms with Gasteiger partial charge in [0.15, 0.2) is 11.5 Å². The molecule has 0 saturated heterocycles. The molecule has 0 radical (unpaired) electrons. The van der Waals surface area contributed by atoms with Gasteiger partial charge in [-0.05, 0) is 0 Å². The number of carboxylic acid groups (broad SMARTS) is 1. The van der Waals surface area contributed by atoms with E-state index in [1.807, 2.05) is 0 Å². The molecule has 0 atom stereocenters. The van der Waals surface area contributed by atoms with E-state index < -0.39 is 5.97 Å². The standard InChI is InChI=1S/C9H13N7O2/c1-15-6-11-8(13-15)4-10-2-3-16-5-7(9(17)18)12-14-16/h5-6,10H,2-4H2,1H3,(H,17,18). The number of aromatic carboxylic acids is 1. The molecule has 0 fully saturated rings. The Morgan fingerprint density at radius 2 is 2.39 bits per heavy atom. The first-order chi connectivity index (χ1) is 8.65. The van der Waals surface area contributed by atoms with Gasteiger partial charge in [-0.2, -0.15) is 5.10 Å². The summed E-state index contributed by atoms with van der Waals surface area (Å²) in [6.07, 6.45) is 3.02. The molecule has 0 aliphatic rings. The molecule has 2 aromatic heterocycles. The molecule has 9 nitrogen and oxygen atoms in total. The average Bonchev–Trinajstić information content (AvgIpc) is 2.93. The lowest BCUT2D eigenvalue weighted by Crippen LogP contribution is -2.20. The van der Waals surface area contributed by atoms with Crippen molar-refractivity contribution in [2.75, 3.05) is 6.54 Å². The third-order valence-electron chi connectivity index (χ3n) is 2.21. The van der Waals surface area contributed by atoms with Gasteiger partial charge in [-0.25, -0.2) is 9.78 Å². The van der Waals surface area contributed by atoms with Crippen LogP contribution in [-0.4, -0.2) is 47.4 Å². The fraction of sp³-hybridized carbons (Fsp3) is 0.444. The Hall–Kier alpha value is -2.29. The lowest BCUT2D eigenvalue weighted by Gasteiger charge is -2.01. The fourth-order valence-electron chi connectivity index (χ4n) is 1.36. The van der Waals surface area contributed by atoms with Gasteiger partial charge in [0, 0.05) is 13.6 Å². The predicted molar refractivity (Wildman–Crippen MR) is 59.7 cm³/mol. The van der Waals surface area contributed by atoms with Crippen molar-refractivity contribution in [3.8, 4) is 0 Å². The SMILES string of the molecule is Cn1cnc(CNCCn2cc(C(=O)O)nn2)n1. The number of nitrogens with one attached hydrogen (secondary N) is 1. The summed E-state index contributed by atoms with van der Waals surface area (Å²) in [5.41, 5.74) is -0.0543. The van der Waals surface area contributed by atoms with Crippen LogP contribution in [0.4, 0.5) is 0 Å². The van der Waals surface area contributed by atoms with Crippen LogP contribution < -0.4 is 5.32 Å². The zero-order valence-electron chi connectivity index (χ0n) is 9.81. The van der Waals surface area contributed by atoms with Crippen LogP contribution in [-0.2, 0) is 20.1 Å². The molecule has 2 rings (SSSR count). The van der Waals surface area contributed by atoms with E-state index in [2.05, 4.69) is 25.7 Å². The average molecular weight is 251 g/mol. The Kier molecular flexibility index (Phi) is 3.63. The van der Waals surface area contributed by atoms with Crippen LogP contribution in [0.3, 0.4) is 0 Å².